The monoisotopic (exact) mass is 379 g/mol. The van der Waals surface area contributed by atoms with Gasteiger partial charge in [0.25, 0.3) is 0 Å². The van der Waals surface area contributed by atoms with Crippen molar-refractivity contribution in [3.63, 3.8) is 0 Å². The summed E-state index contributed by atoms with van der Waals surface area (Å²) in [5.74, 6) is -0.206. The first-order valence-electron chi connectivity index (χ1n) is 9.51. The summed E-state index contributed by atoms with van der Waals surface area (Å²) in [6, 6.07) is 2.95. The predicted molar refractivity (Wildman–Crippen MR) is 99.4 cm³/mol. The summed E-state index contributed by atoms with van der Waals surface area (Å²) in [6.07, 6.45) is 2.92. The Kier molecular flexibility index (Phi) is 5.82. The fraction of sp³-hybridized carbons (Fsp3) is 0.632. The second-order valence-corrected chi connectivity index (χ2v) is 7.81. The van der Waals surface area contributed by atoms with Crippen molar-refractivity contribution >= 4 is 17.5 Å². The number of piperidine rings is 1. The number of nitro benzene ring substituents is 1. The number of anilines is 1. The average molecular weight is 379 g/mol. The summed E-state index contributed by atoms with van der Waals surface area (Å²) in [4.78, 5) is 24.3. The first-order chi connectivity index (χ1) is 12.8. The SMILES string of the molecule is CC(C)COC(=O)N1CCC(Nc2cc(C3CC3)cc(F)c2[N+](=O)[O-])CC1. The summed E-state index contributed by atoms with van der Waals surface area (Å²) in [5, 5.41) is 14.4. The molecule has 1 aromatic carbocycles. The summed E-state index contributed by atoms with van der Waals surface area (Å²) in [7, 11) is 0. The fourth-order valence-electron chi connectivity index (χ4n) is 3.32. The van der Waals surface area contributed by atoms with E-state index in [9.17, 15) is 19.3 Å². The summed E-state index contributed by atoms with van der Waals surface area (Å²) >= 11 is 0. The van der Waals surface area contributed by atoms with Crippen LogP contribution in [0.4, 0.5) is 20.6 Å². The van der Waals surface area contributed by atoms with Gasteiger partial charge in [-0.15, -0.1) is 0 Å². The number of ether oxygens (including phenoxy) is 1. The van der Waals surface area contributed by atoms with Gasteiger partial charge in [-0.05, 0) is 55.2 Å². The van der Waals surface area contributed by atoms with E-state index in [0.29, 0.717) is 38.5 Å². The van der Waals surface area contributed by atoms with Crippen LogP contribution in [-0.2, 0) is 4.74 Å². The van der Waals surface area contributed by atoms with E-state index in [-0.39, 0.29) is 23.7 Å². The first-order valence-corrected chi connectivity index (χ1v) is 9.51. The lowest BCUT2D eigenvalue weighted by atomic mass is 10.0. The maximum Gasteiger partial charge on any atom is 0.409 e. The zero-order valence-electron chi connectivity index (χ0n) is 15.7. The van der Waals surface area contributed by atoms with Crippen molar-refractivity contribution in [1.29, 1.82) is 0 Å². The largest absolute Gasteiger partial charge is 0.449 e. The molecule has 0 atom stereocenters. The highest BCUT2D eigenvalue weighted by molar-refractivity contribution is 5.68. The van der Waals surface area contributed by atoms with Gasteiger partial charge in [-0.3, -0.25) is 10.1 Å². The van der Waals surface area contributed by atoms with Crippen LogP contribution < -0.4 is 5.32 Å². The number of nitrogens with one attached hydrogen (secondary N) is 1. The van der Waals surface area contributed by atoms with Crippen molar-refractivity contribution in [2.24, 2.45) is 5.92 Å². The Hall–Kier alpha value is -2.38. The maximum atomic E-state index is 14.3. The van der Waals surface area contributed by atoms with Crippen molar-refractivity contribution in [3.05, 3.63) is 33.6 Å². The Morgan fingerprint density at radius 1 is 1.33 bits per heavy atom. The number of rotatable bonds is 6. The zero-order chi connectivity index (χ0) is 19.6. The van der Waals surface area contributed by atoms with Crippen molar-refractivity contribution in [3.8, 4) is 0 Å². The Bertz CT molecular complexity index is 713. The molecule has 1 aliphatic heterocycles. The van der Waals surface area contributed by atoms with E-state index in [1.54, 1.807) is 11.0 Å². The van der Waals surface area contributed by atoms with Gasteiger partial charge in [0.2, 0.25) is 5.82 Å². The van der Waals surface area contributed by atoms with Gasteiger partial charge in [0, 0.05) is 19.1 Å². The van der Waals surface area contributed by atoms with E-state index < -0.39 is 16.4 Å². The molecule has 1 aliphatic carbocycles. The Balaban J connectivity index is 1.63. The topological polar surface area (TPSA) is 84.7 Å². The van der Waals surface area contributed by atoms with Crippen molar-refractivity contribution in [2.75, 3.05) is 25.0 Å². The number of carbonyl (C=O) groups excluding carboxylic acids is 1. The normalized spacial score (nSPS) is 17.9. The van der Waals surface area contributed by atoms with Crippen LogP contribution in [0.15, 0.2) is 12.1 Å². The van der Waals surface area contributed by atoms with Crippen LogP contribution in [-0.4, -0.2) is 41.7 Å². The van der Waals surface area contributed by atoms with Crippen molar-refractivity contribution in [1.82, 2.24) is 4.90 Å². The van der Waals surface area contributed by atoms with Gasteiger partial charge in [-0.1, -0.05) is 13.8 Å². The fourth-order valence-corrected chi connectivity index (χ4v) is 3.32. The lowest BCUT2D eigenvalue weighted by Crippen LogP contribution is -2.43. The second kappa shape index (κ2) is 8.10. The number of halogens is 1. The number of likely N-dealkylation sites (tertiary alicyclic amines) is 1. The van der Waals surface area contributed by atoms with Crippen LogP contribution in [0.5, 0.6) is 0 Å². The van der Waals surface area contributed by atoms with Gasteiger partial charge in [-0.25, -0.2) is 4.79 Å². The number of benzene rings is 1. The van der Waals surface area contributed by atoms with Crippen LogP contribution in [0.1, 0.15) is 51.0 Å². The molecule has 1 saturated carbocycles. The van der Waals surface area contributed by atoms with E-state index in [0.717, 1.165) is 18.4 Å². The molecule has 8 heteroatoms. The maximum absolute atomic E-state index is 14.3. The van der Waals surface area contributed by atoms with E-state index >= 15 is 0 Å². The number of hydrogen-bond donors (Lipinski definition) is 1. The molecule has 3 rings (SSSR count). The molecule has 1 amide bonds. The molecule has 1 heterocycles. The zero-order valence-corrected chi connectivity index (χ0v) is 15.7. The minimum absolute atomic E-state index is 0.0494. The van der Waals surface area contributed by atoms with E-state index in [2.05, 4.69) is 5.32 Å². The van der Waals surface area contributed by atoms with Gasteiger partial charge in [0.1, 0.15) is 5.69 Å². The van der Waals surface area contributed by atoms with Crippen LogP contribution in [0, 0.1) is 21.8 Å². The van der Waals surface area contributed by atoms with Gasteiger partial charge < -0.3 is 15.0 Å². The Morgan fingerprint density at radius 3 is 2.56 bits per heavy atom. The van der Waals surface area contributed by atoms with E-state index in [1.807, 2.05) is 13.8 Å². The predicted octanol–water partition coefficient (Wildman–Crippen LogP) is 4.28. The summed E-state index contributed by atoms with van der Waals surface area (Å²) in [5.41, 5.74) is 0.552. The standard InChI is InChI=1S/C19H26FN3O4/c1-12(2)11-27-19(24)22-7-5-15(6-8-22)21-17-10-14(13-3-4-13)9-16(20)18(17)23(25)26/h9-10,12-13,15,21H,3-8,11H2,1-2H3. The smallest absolute Gasteiger partial charge is 0.409 e. The third-order valence-corrected chi connectivity index (χ3v) is 4.97. The molecule has 27 heavy (non-hydrogen) atoms. The number of hydrogen-bond acceptors (Lipinski definition) is 5. The highest BCUT2D eigenvalue weighted by atomic mass is 19.1. The molecular formula is C19H26FN3O4. The molecule has 0 radical (unpaired) electrons. The number of nitrogens with zero attached hydrogens (tertiary/aromatic N) is 2. The van der Waals surface area contributed by atoms with Gasteiger partial charge >= 0.3 is 11.8 Å². The molecule has 0 aromatic heterocycles. The molecular weight excluding hydrogens is 353 g/mol. The van der Waals surface area contributed by atoms with Gasteiger partial charge in [-0.2, -0.15) is 4.39 Å². The molecule has 2 aliphatic rings. The molecule has 1 N–H and O–H groups in total. The van der Waals surface area contributed by atoms with Crippen LogP contribution in [0.2, 0.25) is 0 Å². The molecule has 0 bridgehead atoms. The molecule has 0 spiro atoms. The van der Waals surface area contributed by atoms with E-state index in [1.165, 1.54) is 6.07 Å². The summed E-state index contributed by atoms with van der Waals surface area (Å²) in [6.45, 7) is 5.35. The Labute approximate surface area is 158 Å². The molecule has 148 valence electrons. The third-order valence-electron chi connectivity index (χ3n) is 4.97. The minimum Gasteiger partial charge on any atom is -0.449 e. The molecule has 1 aromatic rings. The Morgan fingerprint density at radius 2 is 2.00 bits per heavy atom. The number of carbonyl (C=O) groups is 1. The number of amides is 1. The second-order valence-electron chi connectivity index (χ2n) is 7.81. The van der Waals surface area contributed by atoms with Gasteiger partial charge in [0.15, 0.2) is 0 Å². The first kappa shape index (κ1) is 19.4. The highest BCUT2D eigenvalue weighted by Gasteiger charge is 2.31. The molecule has 2 fully saturated rings. The lowest BCUT2D eigenvalue weighted by molar-refractivity contribution is -0.386. The van der Waals surface area contributed by atoms with Crippen LogP contribution in [0.25, 0.3) is 0 Å². The van der Waals surface area contributed by atoms with Crippen LogP contribution >= 0.6 is 0 Å². The molecule has 1 saturated heterocycles. The summed E-state index contributed by atoms with van der Waals surface area (Å²) < 4.78 is 19.5. The molecule has 0 unspecified atom stereocenters. The molecule has 7 nitrogen and oxygen atoms in total. The number of nitro groups is 1. The van der Waals surface area contributed by atoms with Crippen molar-refractivity contribution < 1.29 is 18.8 Å². The highest BCUT2D eigenvalue weighted by Crippen LogP contribution is 2.43. The lowest BCUT2D eigenvalue weighted by Gasteiger charge is -2.32. The third kappa shape index (κ3) is 4.87. The minimum atomic E-state index is -0.790. The average Bonchev–Trinajstić information content (AvgIpc) is 3.44. The van der Waals surface area contributed by atoms with E-state index in [4.69, 9.17) is 4.74 Å². The van der Waals surface area contributed by atoms with Gasteiger partial charge in [0.05, 0.1) is 11.5 Å². The van der Waals surface area contributed by atoms with Crippen LogP contribution in [0.3, 0.4) is 0 Å². The van der Waals surface area contributed by atoms with Crippen molar-refractivity contribution in [2.45, 2.75) is 51.5 Å². The quantitative estimate of drug-likeness (QED) is 0.589.